The van der Waals surface area contributed by atoms with Crippen molar-refractivity contribution >= 4 is 50.4 Å². The van der Waals surface area contributed by atoms with E-state index < -0.39 is 0 Å². The monoisotopic (exact) mass is 415 g/mol. The molecule has 0 spiro atoms. The lowest BCUT2D eigenvalue weighted by molar-refractivity contribution is 0.103. The predicted octanol–water partition coefficient (Wildman–Crippen LogP) is 5.45. The van der Waals surface area contributed by atoms with E-state index in [-0.39, 0.29) is 5.91 Å². The zero-order valence-electron chi connectivity index (χ0n) is 15.7. The standard InChI is InChI=1S/C21H22ClN3O2S/c1-27-17-11-13(22)8-9-16(17)24-20(26)19-18(23)14-10-12-6-4-2-3-5-7-15(12)25-21(14)28-19/h8-11H,2-7,23H2,1H3,(H,24,26). The molecule has 0 bridgehead atoms. The van der Waals surface area contributed by atoms with Crippen LogP contribution in [0.4, 0.5) is 11.4 Å². The normalized spacial score (nSPS) is 14.2. The first-order chi connectivity index (χ1) is 13.6. The lowest BCUT2D eigenvalue weighted by Crippen LogP contribution is -2.12. The second-order valence-electron chi connectivity index (χ2n) is 7.00. The van der Waals surface area contributed by atoms with E-state index in [1.54, 1.807) is 18.2 Å². The van der Waals surface area contributed by atoms with Crippen LogP contribution in [0.25, 0.3) is 10.2 Å². The third-order valence-electron chi connectivity index (χ3n) is 5.12. The van der Waals surface area contributed by atoms with Gasteiger partial charge in [-0.25, -0.2) is 4.98 Å². The van der Waals surface area contributed by atoms with Crippen LogP contribution in [-0.2, 0) is 12.8 Å². The quantitative estimate of drug-likeness (QED) is 0.596. The Bertz CT molecular complexity index is 1050. The molecular formula is C21H22ClN3O2S. The number of ether oxygens (including phenoxy) is 1. The fourth-order valence-electron chi connectivity index (χ4n) is 3.63. The number of hydrogen-bond acceptors (Lipinski definition) is 5. The van der Waals surface area contributed by atoms with Crippen LogP contribution < -0.4 is 15.8 Å². The van der Waals surface area contributed by atoms with Gasteiger partial charge in [0.05, 0.1) is 18.5 Å². The zero-order chi connectivity index (χ0) is 19.7. The number of pyridine rings is 1. The van der Waals surface area contributed by atoms with Crippen LogP contribution in [0.15, 0.2) is 24.3 Å². The number of amides is 1. The number of halogens is 1. The largest absolute Gasteiger partial charge is 0.495 e. The molecule has 2 aromatic heterocycles. The highest BCUT2D eigenvalue weighted by Gasteiger charge is 2.21. The van der Waals surface area contributed by atoms with Crippen LogP contribution >= 0.6 is 22.9 Å². The highest BCUT2D eigenvalue weighted by atomic mass is 35.5. The van der Waals surface area contributed by atoms with Gasteiger partial charge in [0, 0.05) is 22.2 Å². The molecule has 0 aliphatic heterocycles. The summed E-state index contributed by atoms with van der Waals surface area (Å²) in [6, 6.07) is 7.21. The summed E-state index contributed by atoms with van der Waals surface area (Å²) in [6.07, 6.45) is 6.86. The third-order valence-corrected chi connectivity index (χ3v) is 6.47. The van der Waals surface area contributed by atoms with E-state index >= 15 is 0 Å². The molecule has 0 fully saturated rings. The number of fused-ring (bicyclic) bond motifs is 2. The minimum Gasteiger partial charge on any atom is -0.495 e. The summed E-state index contributed by atoms with van der Waals surface area (Å²) in [7, 11) is 1.54. The summed E-state index contributed by atoms with van der Waals surface area (Å²) >= 11 is 7.33. The minimum atomic E-state index is -0.270. The summed E-state index contributed by atoms with van der Waals surface area (Å²) in [5.74, 6) is 0.232. The zero-order valence-corrected chi connectivity index (χ0v) is 17.3. The molecule has 1 aliphatic rings. The molecule has 3 aromatic rings. The van der Waals surface area contributed by atoms with Crippen molar-refractivity contribution in [3.8, 4) is 5.75 Å². The number of rotatable bonds is 3. The number of benzene rings is 1. The molecule has 0 atom stereocenters. The first-order valence-corrected chi connectivity index (χ1v) is 10.6. The Kier molecular flexibility index (Phi) is 5.42. The van der Waals surface area contributed by atoms with Crippen molar-refractivity contribution in [2.45, 2.75) is 38.5 Å². The van der Waals surface area contributed by atoms with E-state index in [2.05, 4.69) is 11.4 Å². The molecule has 7 heteroatoms. The van der Waals surface area contributed by atoms with Gasteiger partial charge in [-0.1, -0.05) is 24.4 Å². The summed E-state index contributed by atoms with van der Waals surface area (Å²) in [6.45, 7) is 0. The maximum absolute atomic E-state index is 12.9. The predicted molar refractivity (Wildman–Crippen MR) is 116 cm³/mol. The van der Waals surface area contributed by atoms with Crippen LogP contribution in [0.5, 0.6) is 5.75 Å². The molecule has 146 valence electrons. The number of carbonyl (C=O) groups excluding carboxylic acids is 1. The maximum Gasteiger partial charge on any atom is 0.268 e. The molecule has 0 saturated heterocycles. The molecule has 5 nitrogen and oxygen atoms in total. The molecule has 3 N–H and O–H groups in total. The molecule has 0 unspecified atom stereocenters. The number of aromatic nitrogens is 1. The van der Waals surface area contributed by atoms with Gasteiger partial charge in [-0.05, 0) is 49.4 Å². The molecule has 1 aromatic carbocycles. The summed E-state index contributed by atoms with van der Waals surface area (Å²) < 4.78 is 5.30. The van der Waals surface area contributed by atoms with Crippen LogP contribution in [-0.4, -0.2) is 18.0 Å². The summed E-state index contributed by atoms with van der Waals surface area (Å²) in [4.78, 5) is 19.0. The number of anilines is 2. The van der Waals surface area contributed by atoms with E-state index in [1.807, 2.05) is 0 Å². The molecule has 28 heavy (non-hydrogen) atoms. The van der Waals surface area contributed by atoms with Gasteiger partial charge in [-0.3, -0.25) is 4.79 Å². The van der Waals surface area contributed by atoms with Gasteiger partial charge < -0.3 is 15.8 Å². The number of nitrogen functional groups attached to an aromatic ring is 1. The van der Waals surface area contributed by atoms with Crippen molar-refractivity contribution in [2.75, 3.05) is 18.2 Å². The van der Waals surface area contributed by atoms with Gasteiger partial charge in [0.15, 0.2) is 0 Å². The van der Waals surface area contributed by atoms with Crippen LogP contribution in [0.1, 0.15) is 46.6 Å². The number of thiophene rings is 1. The van der Waals surface area contributed by atoms with Gasteiger partial charge in [0.2, 0.25) is 0 Å². The van der Waals surface area contributed by atoms with E-state index in [4.69, 9.17) is 27.1 Å². The van der Waals surface area contributed by atoms with Crippen molar-refractivity contribution in [3.63, 3.8) is 0 Å². The van der Waals surface area contributed by atoms with Gasteiger partial charge in [-0.2, -0.15) is 0 Å². The van der Waals surface area contributed by atoms with E-state index in [9.17, 15) is 4.79 Å². The molecule has 0 saturated carbocycles. The smallest absolute Gasteiger partial charge is 0.268 e. The molecule has 1 amide bonds. The van der Waals surface area contributed by atoms with Crippen molar-refractivity contribution < 1.29 is 9.53 Å². The Morgan fingerprint density at radius 3 is 2.79 bits per heavy atom. The number of aryl methyl sites for hydroxylation is 2. The van der Waals surface area contributed by atoms with Crippen molar-refractivity contribution in [2.24, 2.45) is 0 Å². The van der Waals surface area contributed by atoms with Crippen LogP contribution in [0, 0.1) is 0 Å². The van der Waals surface area contributed by atoms with Crippen molar-refractivity contribution in [3.05, 3.63) is 45.4 Å². The Balaban J connectivity index is 1.68. The number of nitrogens with two attached hydrogens (primary N) is 1. The fourth-order valence-corrected chi connectivity index (χ4v) is 4.78. The number of carbonyl (C=O) groups is 1. The average molecular weight is 416 g/mol. The Hall–Kier alpha value is -2.31. The fraction of sp³-hybridized carbons (Fsp3) is 0.333. The maximum atomic E-state index is 12.9. The molecule has 4 rings (SSSR count). The Labute approximate surface area is 172 Å². The van der Waals surface area contributed by atoms with Crippen molar-refractivity contribution in [1.29, 1.82) is 0 Å². The van der Waals surface area contributed by atoms with Gasteiger partial charge >= 0.3 is 0 Å². The van der Waals surface area contributed by atoms with Crippen LogP contribution in [0.2, 0.25) is 5.02 Å². The van der Waals surface area contributed by atoms with Gasteiger partial charge in [0.1, 0.15) is 15.5 Å². The lowest BCUT2D eigenvalue weighted by atomic mass is 9.96. The summed E-state index contributed by atoms with van der Waals surface area (Å²) in [5.41, 5.74) is 9.81. The SMILES string of the molecule is COc1cc(Cl)ccc1NC(=O)c1sc2nc3c(cc2c1N)CCCCCC3. The Morgan fingerprint density at radius 2 is 2.00 bits per heavy atom. The molecule has 0 radical (unpaired) electrons. The first kappa shape index (κ1) is 19.0. The molecule has 1 aliphatic carbocycles. The highest BCUT2D eigenvalue weighted by Crippen LogP contribution is 2.36. The van der Waals surface area contributed by atoms with Gasteiger partial charge in [0.25, 0.3) is 5.91 Å². The third kappa shape index (κ3) is 3.66. The number of nitrogens with zero attached hydrogens (tertiary/aromatic N) is 1. The summed E-state index contributed by atoms with van der Waals surface area (Å²) in [5, 5.41) is 4.29. The molecular weight excluding hydrogens is 394 g/mol. The Morgan fingerprint density at radius 1 is 1.21 bits per heavy atom. The number of hydrogen-bond donors (Lipinski definition) is 2. The molecule has 2 heterocycles. The lowest BCUT2D eigenvalue weighted by Gasteiger charge is -2.12. The highest BCUT2D eigenvalue weighted by molar-refractivity contribution is 7.21. The second kappa shape index (κ2) is 7.97. The number of nitrogens with one attached hydrogen (secondary N) is 1. The second-order valence-corrected chi connectivity index (χ2v) is 8.44. The average Bonchev–Trinajstić information content (AvgIpc) is 2.99. The van der Waals surface area contributed by atoms with E-state index in [1.165, 1.54) is 43.3 Å². The van der Waals surface area contributed by atoms with Crippen molar-refractivity contribution in [1.82, 2.24) is 4.98 Å². The van der Waals surface area contributed by atoms with E-state index in [0.717, 1.165) is 35.2 Å². The number of methoxy groups -OCH3 is 1. The van der Waals surface area contributed by atoms with Gasteiger partial charge in [-0.15, -0.1) is 11.3 Å². The van der Waals surface area contributed by atoms with Crippen LogP contribution in [0.3, 0.4) is 0 Å². The topological polar surface area (TPSA) is 77.2 Å². The first-order valence-electron chi connectivity index (χ1n) is 9.42. The minimum absolute atomic E-state index is 0.270. The van der Waals surface area contributed by atoms with E-state index in [0.29, 0.717) is 27.0 Å².